The number of rotatable bonds is 7. The van der Waals surface area contributed by atoms with Gasteiger partial charge in [-0.2, -0.15) is 0 Å². The van der Waals surface area contributed by atoms with Crippen molar-refractivity contribution in [1.29, 1.82) is 0 Å². The van der Waals surface area contributed by atoms with Gasteiger partial charge in [0.1, 0.15) is 0 Å². The molecule has 0 unspecified atom stereocenters. The number of hydrogen-bond donors (Lipinski definition) is 1. The molecule has 0 atom stereocenters. The predicted molar refractivity (Wildman–Crippen MR) is 70.3 cm³/mol. The van der Waals surface area contributed by atoms with Crippen molar-refractivity contribution < 1.29 is 0 Å². The highest BCUT2D eigenvalue weighted by molar-refractivity contribution is 5.14. The van der Waals surface area contributed by atoms with Gasteiger partial charge in [0.15, 0.2) is 0 Å². The molecule has 16 heavy (non-hydrogen) atoms. The minimum absolute atomic E-state index is 0.978. The molecule has 0 heterocycles. The van der Waals surface area contributed by atoms with Gasteiger partial charge in [-0.1, -0.05) is 30.3 Å². The van der Waals surface area contributed by atoms with Gasteiger partial charge in [-0.3, -0.25) is 0 Å². The van der Waals surface area contributed by atoms with Gasteiger partial charge in [0.2, 0.25) is 0 Å². The second-order valence-corrected chi connectivity index (χ2v) is 3.82. The molecule has 0 fully saturated rings. The van der Waals surface area contributed by atoms with Crippen LogP contribution in [0.25, 0.3) is 0 Å². The van der Waals surface area contributed by atoms with Crippen LogP contribution in [0, 0.1) is 0 Å². The first-order chi connectivity index (χ1) is 7.93. The Labute approximate surface area is 98.9 Å². The van der Waals surface area contributed by atoms with E-state index in [1.54, 1.807) is 0 Å². The summed E-state index contributed by atoms with van der Waals surface area (Å²) >= 11 is 0. The van der Waals surface area contributed by atoms with Crippen LogP contribution in [0.4, 0.5) is 0 Å². The lowest BCUT2D eigenvalue weighted by molar-refractivity contribution is 0.627. The molecule has 1 nitrogen and oxygen atoms in total. The van der Waals surface area contributed by atoms with Gasteiger partial charge in [-0.25, -0.2) is 0 Å². The molecule has 0 radical (unpaired) electrons. The highest BCUT2D eigenvalue weighted by atomic mass is 14.8. The summed E-state index contributed by atoms with van der Waals surface area (Å²) in [5.74, 6) is 0. The maximum atomic E-state index is 3.45. The van der Waals surface area contributed by atoms with Crippen molar-refractivity contribution in [2.24, 2.45) is 0 Å². The maximum Gasteiger partial charge on any atom is 0.0205 e. The molecule has 0 aliphatic heterocycles. The van der Waals surface area contributed by atoms with Gasteiger partial charge < -0.3 is 5.32 Å². The van der Waals surface area contributed by atoms with E-state index in [1.165, 1.54) is 18.4 Å². The van der Waals surface area contributed by atoms with Gasteiger partial charge in [-0.15, -0.1) is 5.73 Å². The molecule has 1 heteroatoms. The van der Waals surface area contributed by atoms with E-state index in [0.29, 0.717) is 0 Å². The second-order valence-electron chi connectivity index (χ2n) is 3.82. The van der Waals surface area contributed by atoms with Crippen LogP contribution in [-0.2, 0) is 6.54 Å². The Morgan fingerprint density at radius 3 is 2.75 bits per heavy atom. The zero-order chi connectivity index (χ0) is 11.5. The van der Waals surface area contributed by atoms with Gasteiger partial charge in [0.05, 0.1) is 0 Å². The molecular formula is C15H21N. The standard InChI is InChI=1S/C15H21N/c1-2-3-4-5-6-10-13-16-14-15-11-8-7-9-12-15/h2,4,7-9,11-12,16H,5-6,10,13-14H2,1H3. The molecule has 0 saturated heterocycles. The van der Waals surface area contributed by atoms with E-state index in [1.807, 2.05) is 13.0 Å². The zero-order valence-corrected chi connectivity index (χ0v) is 10.1. The first kappa shape index (κ1) is 12.8. The molecular weight excluding hydrogens is 194 g/mol. The highest BCUT2D eigenvalue weighted by Crippen LogP contribution is 1.98. The summed E-state index contributed by atoms with van der Waals surface area (Å²) in [5.41, 5.74) is 4.45. The number of unbranched alkanes of at least 4 members (excludes halogenated alkanes) is 2. The Balaban J connectivity index is 1.98. The lowest BCUT2D eigenvalue weighted by Crippen LogP contribution is -2.14. The molecule has 1 N–H and O–H groups in total. The quantitative estimate of drug-likeness (QED) is 0.540. The molecule has 0 aromatic heterocycles. The van der Waals surface area contributed by atoms with Crippen molar-refractivity contribution in [2.75, 3.05) is 6.54 Å². The van der Waals surface area contributed by atoms with Gasteiger partial charge in [0.25, 0.3) is 0 Å². The fourth-order valence-corrected chi connectivity index (χ4v) is 1.53. The summed E-state index contributed by atoms with van der Waals surface area (Å²) in [7, 11) is 0. The van der Waals surface area contributed by atoms with Crippen LogP contribution in [0.3, 0.4) is 0 Å². The van der Waals surface area contributed by atoms with Crippen LogP contribution in [0.2, 0.25) is 0 Å². The minimum atomic E-state index is 0.978. The molecule has 0 aliphatic carbocycles. The average Bonchev–Trinajstić information content (AvgIpc) is 2.34. The molecule has 0 aliphatic rings. The Kier molecular flexibility index (Phi) is 7.15. The number of benzene rings is 1. The van der Waals surface area contributed by atoms with Crippen LogP contribution < -0.4 is 5.32 Å². The van der Waals surface area contributed by atoms with Crippen LogP contribution in [-0.4, -0.2) is 6.54 Å². The Morgan fingerprint density at radius 1 is 1.19 bits per heavy atom. The fraction of sp³-hybridized carbons (Fsp3) is 0.400. The van der Waals surface area contributed by atoms with Crippen LogP contribution >= 0.6 is 0 Å². The topological polar surface area (TPSA) is 12.0 Å². The largest absolute Gasteiger partial charge is 0.313 e. The van der Waals surface area contributed by atoms with Gasteiger partial charge >= 0.3 is 0 Å². The lowest BCUT2D eigenvalue weighted by Gasteiger charge is -2.03. The molecule has 1 rings (SSSR count). The van der Waals surface area contributed by atoms with Gasteiger partial charge in [-0.05, 0) is 50.4 Å². The first-order valence-corrected chi connectivity index (χ1v) is 6.03. The summed E-state index contributed by atoms with van der Waals surface area (Å²) in [6, 6.07) is 10.5. The number of hydrogen-bond acceptors (Lipinski definition) is 1. The second kappa shape index (κ2) is 8.96. The van der Waals surface area contributed by atoms with Crippen molar-refractivity contribution in [3.8, 4) is 0 Å². The molecule has 86 valence electrons. The summed E-state index contributed by atoms with van der Waals surface area (Å²) < 4.78 is 0. The third-order valence-electron chi connectivity index (χ3n) is 2.41. The molecule has 1 aromatic rings. The summed E-state index contributed by atoms with van der Waals surface area (Å²) in [5, 5.41) is 3.45. The smallest absolute Gasteiger partial charge is 0.0205 e. The van der Waals surface area contributed by atoms with E-state index in [0.717, 1.165) is 19.5 Å². The van der Waals surface area contributed by atoms with Crippen molar-refractivity contribution in [3.05, 3.63) is 53.8 Å². The van der Waals surface area contributed by atoms with E-state index in [2.05, 4.69) is 47.5 Å². The van der Waals surface area contributed by atoms with E-state index in [4.69, 9.17) is 0 Å². The number of allylic oxidation sites excluding steroid dienone is 1. The highest BCUT2D eigenvalue weighted by Gasteiger charge is 1.90. The van der Waals surface area contributed by atoms with Crippen LogP contribution in [0.5, 0.6) is 0 Å². The molecule has 1 aromatic carbocycles. The Hall–Kier alpha value is -1.30. The SMILES string of the molecule is CC=C=CCCCCNCc1ccccc1. The molecule has 0 bridgehead atoms. The third kappa shape index (κ3) is 6.23. The van der Waals surface area contributed by atoms with Crippen molar-refractivity contribution in [2.45, 2.75) is 32.7 Å². The minimum Gasteiger partial charge on any atom is -0.313 e. The molecule has 0 spiro atoms. The Morgan fingerprint density at radius 2 is 2.00 bits per heavy atom. The van der Waals surface area contributed by atoms with E-state index in [-0.39, 0.29) is 0 Å². The van der Waals surface area contributed by atoms with Crippen molar-refractivity contribution in [1.82, 2.24) is 5.32 Å². The maximum absolute atomic E-state index is 3.45. The molecule has 0 amide bonds. The third-order valence-corrected chi connectivity index (χ3v) is 2.41. The van der Waals surface area contributed by atoms with Crippen molar-refractivity contribution >= 4 is 0 Å². The molecule has 0 saturated carbocycles. The monoisotopic (exact) mass is 215 g/mol. The van der Waals surface area contributed by atoms with Gasteiger partial charge in [0, 0.05) is 6.54 Å². The average molecular weight is 215 g/mol. The summed E-state index contributed by atoms with van der Waals surface area (Å²) in [4.78, 5) is 0. The van der Waals surface area contributed by atoms with E-state index < -0.39 is 0 Å². The zero-order valence-electron chi connectivity index (χ0n) is 10.1. The number of nitrogens with one attached hydrogen (secondary N) is 1. The van der Waals surface area contributed by atoms with Crippen LogP contribution in [0.15, 0.2) is 48.2 Å². The lowest BCUT2D eigenvalue weighted by atomic mass is 10.2. The van der Waals surface area contributed by atoms with Crippen LogP contribution in [0.1, 0.15) is 31.7 Å². The normalized spacial score (nSPS) is 9.56. The van der Waals surface area contributed by atoms with Crippen molar-refractivity contribution in [3.63, 3.8) is 0 Å². The summed E-state index contributed by atoms with van der Waals surface area (Å²) in [6.45, 7) is 4.07. The predicted octanol–water partition coefficient (Wildman–Crippen LogP) is 3.68. The van der Waals surface area contributed by atoms with E-state index >= 15 is 0 Å². The summed E-state index contributed by atoms with van der Waals surface area (Å²) in [6.07, 6.45) is 7.67. The first-order valence-electron chi connectivity index (χ1n) is 6.03. The van der Waals surface area contributed by atoms with E-state index in [9.17, 15) is 0 Å². The Bertz CT molecular complexity index is 321. The fourth-order valence-electron chi connectivity index (χ4n) is 1.53.